The first-order valence-electron chi connectivity index (χ1n) is 33.7. The van der Waals surface area contributed by atoms with Crippen molar-refractivity contribution >= 4 is 19.8 Å². The molecule has 0 radical (unpaired) electrons. The number of carbonyl (C=O) groups excluding carboxylic acids is 2. The number of esters is 2. The maximum atomic E-state index is 12.8. The number of hydrogen-bond acceptors (Lipinski definition) is 8. The quantitative estimate of drug-likeness (QED) is 0.0264. The van der Waals surface area contributed by atoms with Gasteiger partial charge in [-0.2, -0.15) is 0 Å². The van der Waals surface area contributed by atoms with Crippen molar-refractivity contribution in [1.29, 1.82) is 0 Å². The maximum Gasteiger partial charge on any atom is 0.472 e. The fourth-order valence-corrected chi connectivity index (χ4v) is 9.90. The van der Waals surface area contributed by atoms with Crippen LogP contribution < -0.4 is 5.73 Å². The van der Waals surface area contributed by atoms with Crippen LogP contribution >= 0.6 is 7.82 Å². The van der Waals surface area contributed by atoms with Gasteiger partial charge in [0, 0.05) is 19.4 Å². The van der Waals surface area contributed by atoms with Gasteiger partial charge in [-0.1, -0.05) is 295 Å². The standard InChI is InChI=1S/C73H124NO8P/c1-3-5-7-9-11-13-15-17-19-21-23-25-27-29-30-31-32-33-34-35-36-37-38-39-40-42-44-46-48-50-52-54-56-58-60-62-64-66-73(76)82-71(70-81-83(77,78)80-68-67-74)69-79-72(75)65-63-61-59-57-55-53-51-49-47-45-43-41-28-26-24-22-20-18-16-14-12-10-8-6-4-2/h5-8,11-14,17-20,23-26,29-30,32-33,41,43,71H,3-4,9-10,15-16,21-22,27-28,31,34-40,42,44-70,74H2,1-2H3,(H,77,78)/b7-5-,8-6-,13-11-,14-12-,19-17-,20-18-,25-23-,26-24-,30-29-,33-32-,43-41-. The van der Waals surface area contributed by atoms with Crippen molar-refractivity contribution in [2.24, 2.45) is 5.73 Å². The lowest BCUT2D eigenvalue weighted by Gasteiger charge is -2.19. The third-order valence-electron chi connectivity index (χ3n) is 14.0. The molecule has 2 unspecified atom stereocenters. The van der Waals surface area contributed by atoms with Gasteiger partial charge in [-0.25, -0.2) is 4.57 Å². The fraction of sp³-hybridized carbons (Fsp3) is 0.671. The summed E-state index contributed by atoms with van der Waals surface area (Å²) in [5, 5.41) is 0. The molecule has 3 N–H and O–H groups in total. The minimum absolute atomic E-state index is 0.0479. The minimum Gasteiger partial charge on any atom is -0.462 e. The van der Waals surface area contributed by atoms with E-state index < -0.39 is 26.5 Å². The summed E-state index contributed by atoms with van der Waals surface area (Å²) in [7, 11) is -4.40. The Balaban J connectivity index is 3.90. The van der Waals surface area contributed by atoms with Crippen LogP contribution in [0.5, 0.6) is 0 Å². The molecule has 0 aliphatic rings. The molecule has 0 saturated heterocycles. The van der Waals surface area contributed by atoms with E-state index in [0.29, 0.717) is 6.42 Å². The van der Waals surface area contributed by atoms with Gasteiger partial charge in [0.25, 0.3) is 0 Å². The van der Waals surface area contributed by atoms with Crippen molar-refractivity contribution < 1.29 is 37.6 Å². The van der Waals surface area contributed by atoms with E-state index in [1.165, 1.54) is 128 Å². The highest BCUT2D eigenvalue weighted by molar-refractivity contribution is 7.47. The van der Waals surface area contributed by atoms with E-state index in [1.54, 1.807) is 0 Å². The van der Waals surface area contributed by atoms with E-state index in [2.05, 4.69) is 148 Å². The average molecular weight is 1170 g/mol. The zero-order valence-corrected chi connectivity index (χ0v) is 54.0. The third kappa shape index (κ3) is 67.2. The van der Waals surface area contributed by atoms with Crippen molar-refractivity contribution in [3.05, 3.63) is 134 Å². The number of phosphoric acid groups is 1. The van der Waals surface area contributed by atoms with Crippen LogP contribution in [0, 0.1) is 0 Å². The van der Waals surface area contributed by atoms with Crippen LogP contribution in [0.4, 0.5) is 0 Å². The zero-order valence-electron chi connectivity index (χ0n) is 53.1. The number of nitrogens with two attached hydrogens (primary N) is 1. The molecule has 0 bridgehead atoms. The summed E-state index contributed by atoms with van der Waals surface area (Å²) in [5.74, 6) is -0.833. The Hall–Kier alpha value is -3.85. The number of unbranched alkanes of at least 4 members (excludes halogenated alkanes) is 27. The molecule has 0 rings (SSSR count). The van der Waals surface area contributed by atoms with Crippen LogP contribution in [0.2, 0.25) is 0 Å². The Morgan fingerprint density at radius 1 is 0.361 bits per heavy atom. The van der Waals surface area contributed by atoms with E-state index in [9.17, 15) is 19.0 Å². The molecule has 0 aromatic heterocycles. The Morgan fingerprint density at radius 2 is 0.627 bits per heavy atom. The van der Waals surface area contributed by atoms with Gasteiger partial charge in [-0.15, -0.1) is 0 Å². The number of ether oxygens (including phenoxy) is 2. The molecule has 0 heterocycles. The molecule has 0 amide bonds. The van der Waals surface area contributed by atoms with Gasteiger partial charge in [0.1, 0.15) is 6.61 Å². The number of carbonyl (C=O) groups is 2. The fourth-order valence-electron chi connectivity index (χ4n) is 9.14. The molecule has 2 atom stereocenters. The Morgan fingerprint density at radius 3 is 0.928 bits per heavy atom. The molecule has 83 heavy (non-hydrogen) atoms. The molecule has 0 aliphatic carbocycles. The maximum absolute atomic E-state index is 12.8. The molecule has 9 nitrogen and oxygen atoms in total. The summed E-state index contributed by atoms with van der Waals surface area (Å²) < 4.78 is 33.1. The van der Waals surface area contributed by atoms with Gasteiger partial charge < -0.3 is 20.1 Å². The van der Waals surface area contributed by atoms with Crippen molar-refractivity contribution in [3.63, 3.8) is 0 Å². The second-order valence-electron chi connectivity index (χ2n) is 21.9. The first kappa shape index (κ1) is 79.2. The molecular weight excluding hydrogens is 1050 g/mol. The van der Waals surface area contributed by atoms with Gasteiger partial charge >= 0.3 is 19.8 Å². The lowest BCUT2D eigenvalue weighted by molar-refractivity contribution is -0.161. The van der Waals surface area contributed by atoms with E-state index >= 15 is 0 Å². The van der Waals surface area contributed by atoms with Crippen molar-refractivity contribution in [1.82, 2.24) is 0 Å². The molecule has 0 aliphatic heterocycles. The monoisotopic (exact) mass is 1170 g/mol. The molecule has 474 valence electrons. The highest BCUT2D eigenvalue weighted by Crippen LogP contribution is 2.43. The van der Waals surface area contributed by atoms with Gasteiger partial charge in [0.05, 0.1) is 13.2 Å². The van der Waals surface area contributed by atoms with Gasteiger partial charge in [-0.3, -0.25) is 18.6 Å². The van der Waals surface area contributed by atoms with Gasteiger partial charge in [0.2, 0.25) is 0 Å². The summed E-state index contributed by atoms with van der Waals surface area (Å²) >= 11 is 0. The van der Waals surface area contributed by atoms with Crippen LogP contribution in [0.1, 0.15) is 284 Å². The summed E-state index contributed by atoms with van der Waals surface area (Å²) in [4.78, 5) is 35.3. The highest BCUT2D eigenvalue weighted by Gasteiger charge is 2.26. The normalized spacial score (nSPS) is 13.8. The highest BCUT2D eigenvalue weighted by atomic mass is 31.2. The number of rotatable bonds is 62. The van der Waals surface area contributed by atoms with Crippen molar-refractivity contribution in [3.8, 4) is 0 Å². The van der Waals surface area contributed by atoms with Crippen LogP contribution in [-0.4, -0.2) is 49.3 Å². The number of allylic oxidation sites excluding steroid dienone is 22. The SMILES string of the molecule is CC/C=C\C/C=C\C/C=C\C/C=C\C/C=C\C/C=C\CCCCCCCCCCCCCCCCCCCCC(=O)OC(COC(=O)CCCCCCCCCCC/C=C\C/C=C\C/C=C\C/C=C\C/C=C\CC)COP(=O)(O)OCCN. The molecule has 0 aromatic carbocycles. The van der Waals surface area contributed by atoms with Crippen LogP contribution in [-0.2, 0) is 32.7 Å². The lowest BCUT2D eigenvalue weighted by Crippen LogP contribution is -2.29. The van der Waals surface area contributed by atoms with E-state index in [0.717, 1.165) is 122 Å². The Bertz CT molecular complexity index is 1820. The molecule has 10 heteroatoms. The van der Waals surface area contributed by atoms with Crippen LogP contribution in [0.15, 0.2) is 134 Å². The van der Waals surface area contributed by atoms with Crippen molar-refractivity contribution in [2.75, 3.05) is 26.4 Å². The molecule has 0 fully saturated rings. The van der Waals surface area contributed by atoms with Gasteiger partial charge in [-0.05, 0) is 109 Å². The lowest BCUT2D eigenvalue weighted by atomic mass is 10.0. The molecular formula is C73H124NO8P. The summed E-state index contributed by atoms with van der Waals surface area (Å²) in [6, 6.07) is 0. The minimum atomic E-state index is -4.40. The summed E-state index contributed by atoms with van der Waals surface area (Å²) in [5.41, 5.74) is 5.40. The smallest absolute Gasteiger partial charge is 0.462 e. The predicted octanol–water partition coefficient (Wildman–Crippen LogP) is 22.1. The average Bonchev–Trinajstić information content (AvgIpc) is 3.49. The number of hydrogen-bond donors (Lipinski definition) is 2. The first-order valence-corrected chi connectivity index (χ1v) is 35.2. The second kappa shape index (κ2) is 67.3. The number of phosphoric ester groups is 1. The molecule has 0 spiro atoms. The largest absolute Gasteiger partial charge is 0.472 e. The van der Waals surface area contributed by atoms with Crippen LogP contribution in [0.25, 0.3) is 0 Å². The second-order valence-corrected chi connectivity index (χ2v) is 23.4. The Kier molecular flexibility index (Phi) is 64.2. The molecule has 0 aromatic rings. The topological polar surface area (TPSA) is 134 Å². The van der Waals surface area contributed by atoms with E-state index in [4.69, 9.17) is 24.3 Å². The van der Waals surface area contributed by atoms with Crippen LogP contribution in [0.3, 0.4) is 0 Å². The third-order valence-corrected chi connectivity index (χ3v) is 15.0. The zero-order chi connectivity index (χ0) is 60.1. The molecule has 0 saturated carbocycles. The summed E-state index contributed by atoms with van der Waals surface area (Å²) in [6.07, 6.45) is 95.3. The predicted molar refractivity (Wildman–Crippen MR) is 357 cm³/mol. The van der Waals surface area contributed by atoms with Crippen molar-refractivity contribution in [2.45, 2.75) is 290 Å². The first-order chi connectivity index (χ1) is 40.8. The Labute approximate surface area is 510 Å². The van der Waals surface area contributed by atoms with E-state index in [-0.39, 0.29) is 38.6 Å². The van der Waals surface area contributed by atoms with Gasteiger partial charge in [0.15, 0.2) is 6.10 Å². The van der Waals surface area contributed by atoms with E-state index in [1.807, 2.05) is 0 Å². The summed E-state index contributed by atoms with van der Waals surface area (Å²) in [6.45, 7) is 3.52.